The molecule has 0 aromatic heterocycles. The summed E-state index contributed by atoms with van der Waals surface area (Å²) in [7, 11) is 0. The fourth-order valence-electron chi connectivity index (χ4n) is 5.18. The summed E-state index contributed by atoms with van der Waals surface area (Å²) in [4.78, 5) is 38.7. The summed E-state index contributed by atoms with van der Waals surface area (Å²) in [5.41, 5.74) is 4.48. The van der Waals surface area contributed by atoms with Gasteiger partial charge in [-0.25, -0.2) is 4.79 Å². The zero-order chi connectivity index (χ0) is 24.8. The van der Waals surface area contributed by atoms with Crippen molar-refractivity contribution < 1.29 is 24.2 Å². The third-order valence-electron chi connectivity index (χ3n) is 6.86. The minimum absolute atomic E-state index is 0.00589. The second kappa shape index (κ2) is 11.1. The number of likely N-dealkylation sites (tertiary alicyclic amines) is 1. The molecule has 2 aliphatic rings. The standard InChI is InChI=1S/C28H30N2O5/c1-2-9-25(27(33)30-17-8-7-10-19(30)15-16-26(31)32)29-28(34)35-18-24-22-13-5-3-11-20(22)21-12-4-6-14-23(21)24/h1,3-6,11-14,19,24-25H,7-10,15-18H2,(H,29,34)(H,31,32). The van der Waals surface area contributed by atoms with Crippen LogP contribution in [-0.4, -0.2) is 53.2 Å². The highest BCUT2D eigenvalue weighted by molar-refractivity contribution is 5.86. The Kier molecular flexibility index (Phi) is 7.71. The maximum atomic E-state index is 13.3. The van der Waals surface area contributed by atoms with Gasteiger partial charge in [0.1, 0.15) is 12.6 Å². The van der Waals surface area contributed by atoms with Gasteiger partial charge in [-0.2, -0.15) is 0 Å². The number of nitrogens with zero attached hydrogens (tertiary/aromatic N) is 1. The predicted octanol–water partition coefficient (Wildman–Crippen LogP) is 4.16. The van der Waals surface area contributed by atoms with Crippen molar-refractivity contribution >= 4 is 18.0 Å². The topological polar surface area (TPSA) is 95.9 Å². The maximum Gasteiger partial charge on any atom is 0.407 e. The normalized spacial score (nSPS) is 17.6. The largest absolute Gasteiger partial charge is 0.481 e. The van der Waals surface area contributed by atoms with Crippen LogP contribution < -0.4 is 5.32 Å². The number of aliphatic carboxylic acids is 1. The number of carboxylic acid groups (broad SMARTS) is 1. The summed E-state index contributed by atoms with van der Waals surface area (Å²) in [6, 6.07) is 15.1. The van der Waals surface area contributed by atoms with E-state index in [0.717, 1.165) is 41.5 Å². The quantitative estimate of drug-likeness (QED) is 0.560. The van der Waals surface area contributed by atoms with E-state index in [-0.39, 0.29) is 37.3 Å². The Hall–Kier alpha value is -3.79. The summed E-state index contributed by atoms with van der Waals surface area (Å²) in [6.07, 6.45) is 7.73. The van der Waals surface area contributed by atoms with Crippen LogP contribution in [0, 0.1) is 12.3 Å². The molecule has 4 rings (SSSR count). The van der Waals surface area contributed by atoms with Crippen LogP contribution >= 0.6 is 0 Å². The zero-order valence-electron chi connectivity index (χ0n) is 19.6. The average Bonchev–Trinajstić information content (AvgIpc) is 3.19. The Bertz CT molecular complexity index is 1090. The van der Waals surface area contributed by atoms with Crippen molar-refractivity contribution in [3.63, 3.8) is 0 Å². The van der Waals surface area contributed by atoms with Gasteiger partial charge in [0.05, 0.1) is 0 Å². The number of hydrogen-bond donors (Lipinski definition) is 2. The van der Waals surface area contributed by atoms with Crippen LogP contribution in [0.2, 0.25) is 0 Å². The lowest BCUT2D eigenvalue weighted by molar-refractivity contribution is -0.141. The molecule has 0 bridgehead atoms. The van der Waals surface area contributed by atoms with E-state index in [9.17, 15) is 14.4 Å². The lowest BCUT2D eigenvalue weighted by atomic mass is 9.96. The van der Waals surface area contributed by atoms with Crippen LogP contribution in [0.15, 0.2) is 48.5 Å². The van der Waals surface area contributed by atoms with E-state index in [4.69, 9.17) is 16.3 Å². The molecule has 2 aromatic carbocycles. The average molecular weight is 475 g/mol. The summed E-state index contributed by atoms with van der Waals surface area (Å²) in [5.74, 6) is 1.21. The van der Waals surface area contributed by atoms with Crippen molar-refractivity contribution in [1.29, 1.82) is 0 Å². The SMILES string of the molecule is C#CCC(NC(=O)OCC1c2ccccc2-c2ccccc21)C(=O)N1CCCCC1CCC(=O)O. The molecule has 182 valence electrons. The van der Waals surface area contributed by atoms with E-state index in [0.29, 0.717) is 13.0 Å². The molecule has 2 atom stereocenters. The molecule has 0 saturated carbocycles. The first kappa shape index (κ1) is 24.3. The number of fused-ring (bicyclic) bond motifs is 3. The second-order valence-electron chi connectivity index (χ2n) is 9.04. The molecule has 1 fully saturated rings. The molecule has 35 heavy (non-hydrogen) atoms. The number of carbonyl (C=O) groups is 3. The van der Waals surface area contributed by atoms with E-state index in [1.54, 1.807) is 4.90 Å². The van der Waals surface area contributed by atoms with Crippen LogP contribution in [0.4, 0.5) is 4.79 Å². The van der Waals surface area contributed by atoms with Crippen LogP contribution in [0.1, 0.15) is 55.6 Å². The van der Waals surface area contributed by atoms with E-state index in [2.05, 4.69) is 23.4 Å². The van der Waals surface area contributed by atoms with Crippen LogP contribution in [0.25, 0.3) is 11.1 Å². The van der Waals surface area contributed by atoms with Crippen molar-refractivity contribution in [2.75, 3.05) is 13.2 Å². The number of carbonyl (C=O) groups excluding carboxylic acids is 2. The van der Waals surface area contributed by atoms with Gasteiger partial charge in [0.25, 0.3) is 0 Å². The molecule has 7 heteroatoms. The Morgan fingerprint density at radius 1 is 1.09 bits per heavy atom. The van der Waals surface area contributed by atoms with Crippen molar-refractivity contribution in [3.05, 3.63) is 59.7 Å². The molecule has 7 nitrogen and oxygen atoms in total. The molecule has 1 heterocycles. The van der Waals surface area contributed by atoms with Crippen LogP contribution in [0.5, 0.6) is 0 Å². The van der Waals surface area contributed by atoms with Gasteiger partial charge < -0.3 is 20.1 Å². The van der Waals surface area contributed by atoms with Gasteiger partial charge in [0, 0.05) is 31.3 Å². The van der Waals surface area contributed by atoms with Crippen molar-refractivity contribution in [2.45, 2.75) is 56.5 Å². The first-order chi connectivity index (χ1) is 17.0. The lowest BCUT2D eigenvalue weighted by Gasteiger charge is -2.37. The molecule has 2 amide bonds. The number of carboxylic acids is 1. The fourth-order valence-corrected chi connectivity index (χ4v) is 5.18. The van der Waals surface area contributed by atoms with Gasteiger partial charge in [-0.15, -0.1) is 12.3 Å². The Balaban J connectivity index is 1.41. The fraction of sp³-hybridized carbons (Fsp3) is 0.393. The van der Waals surface area contributed by atoms with Gasteiger partial charge in [-0.3, -0.25) is 9.59 Å². The number of alkyl carbamates (subject to hydrolysis) is 1. The van der Waals surface area contributed by atoms with Gasteiger partial charge >= 0.3 is 12.1 Å². The number of rotatable bonds is 8. The number of amides is 2. The van der Waals surface area contributed by atoms with Crippen molar-refractivity contribution in [2.24, 2.45) is 0 Å². The molecule has 2 unspecified atom stereocenters. The second-order valence-corrected chi connectivity index (χ2v) is 9.04. The molecule has 0 radical (unpaired) electrons. The highest BCUT2D eigenvalue weighted by Gasteiger charge is 2.33. The Labute approximate surface area is 205 Å². The third-order valence-corrected chi connectivity index (χ3v) is 6.86. The van der Waals surface area contributed by atoms with E-state index in [1.807, 2.05) is 36.4 Å². The van der Waals surface area contributed by atoms with Gasteiger partial charge in [0.2, 0.25) is 5.91 Å². The zero-order valence-corrected chi connectivity index (χ0v) is 19.6. The first-order valence-electron chi connectivity index (χ1n) is 12.1. The van der Waals surface area contributed by atoms with Crippen molar-refractivity contribution in [3.8, 4) is 23.5 Å². The number of hydrogen-bond acceptors (Lipinski definition) is 4. The number of piperidine rings is 1. The monoisotopic (exact) mass is 474 g/mol. The smallest absolute Gasteiger partial charge is 0.407 e. The summed E-state index contributed by atoms with van der Waals surface area (Å²) in [6.45, 7) is 0.665. The van der Waals surface area contributed by atoms with E-state index in [1.165, 1.54) is 0 Å². The molecule has 1 saturated heterocycles. The highest BCUT2D eigenvalue weighted by atomic mass is 16.5. The number of nitrogens with one attached hydrogen (secondary N) is 1. The van der Waals surface area contributed by atoms with Gasteiger partial charge in [-0.05, 0) is 47.9 Å². The molecular formula is C28H30N2O5. The van der Waals surface area contributed by atoms with E-state index < -0.39 is 18.1 Å². The predicted molar refractivity (Wildman–Crippen MR) is 132 cm³/mol. The molecule has 2 N–H and O–H groups in total. The first-order valence-corrected chi connectivity index (χ1v) is 12.1. The Morgan fingerprint density at radius 2 is 1.74 bits per heavy atom. The number of terminal acetylenes is 1. The van der Waals surface area contributed by atoms with Crippen molar-refractivity contribution in [1.82, 2.24) is 10.2 Å². The molecular weight excluding hydrogens is 444 g/mol. The molecule has 1 aliphatic heterocycles. The van der Waals surface area contributed by atoms with E-state index >= 15 is 0 Å². The minimum atomic E-state index is -0.916. The van der Waals surface area contributed by atoms with Crippen LogP contribution in [-0.2, 0) is 14.3 Å². The molecule has 2 aromatic rings. The number of benzene rings is 2. The summed E-state index contributed by atoms with van der Waals surface area (Å²) < 4.78 is 5.59. The van der Waals surface area contributed by atoms with Crippen LogP contribution in [0.3, 0.4) is 0 Å². The number of ether oxygens (including phenoxy) is 1. The van der Waals surface area contributed by atoms with Gasteiger partial charge in [0.15, 0.2) is 0 Å². The highest BCUT2D eigenvalue weighted by Crippen LogP contribution is 2.44. The maximum absolute atomic E-state index is 13.3. The molecule has 0 spiro atoms. The Morgan fingerprint density at radius 3 is 2.37 bits per heavy atom. The third kappa shape index (κ3) is 5.48. The van der Waals surface area contributed by atoms with Gasteiger partial charge in [-0.1, -0.05) is 48.5 Å². The molecule has 1 aliphatic carbocycles. The summed E-state index contributed by atoms with van der Waals surface area (Å²) >= 11 is 0. The lowest BCUT2D eigenvalue weighted by Crippen LogP contribution is -2.53. The minimum Gasteiger partial charge on any atom is -0.481 e. The summed E-state index contributed by atoms with van der Waals surface area (Å²) in [5, 5.41) is 11.7.